The summed E-state index contributed by atoms with van der Waals surface area (Å²) in [5, 5.41) is 8.67. The molecule has 0 N–H and O–H groups in total. The van der Waals surface area contributed by atoms with E-state index in [-0.39, 0.29) is 5.41 Å². The lowest BCUT2D eigenvalue weighted by Crippen LogP contribution is -2.15. The highest BCUT2D eigenvalue weighted by Crippen LogP contribution is 2.51. The lowest BCUT2D eigenvalue weighted by molar-refractivity contribution is 0.660. The SMILES string of the molecule is C=Cc1c(/C=C\C)n(-c2ccc3c(c2)-c2cc(-n4c5ccccc5c5c(-n6c7ccccc7c7ccccc76)cccc54)ccc2C3(C)C)c2cccc(-n3c4ccccc4c4ccccc43)c12. The van der Waals surface area contributed by atoms with Crippen molar-refractivity contribution in [2.24, 2.45) is 0 Å². The number of hydrogen-bond donors (Lipinski definition) is 0. The van der Waals surface area contributed by atoms with Crippen LogP contribution in [0.5, 0.6) is 0 Å². The van der Waals surface area contributed by atoms with Crippen molar-refractivity contribution >= 4 is 88.5 Å². The second-order valence-electron chi connectivity index (χ2n) is 18.9. The van der Waals surface area contributed by atoms with Crippen LogP contribution in [0.3, 0.4) is 0 Å². The molecule has 68 heavy (non-hydrogen) atoms. The topological polar surface area (TPSA) is 19.7 Å². The monoisotopic (exact) mass is 870 g/mol. The third-order valence-corrected chi connectivity index (χ3v) is 15.1. The molecule has 0 radical (unpaired) electrons. The van der Waals surface area contributed by atoms with Gasteiger partial charge in [0.1, 0.15) is 0 Å². The zero-order valence-electron chi connectivity index (χ0n) is 38.2. The fourth-order valence-corrected chi connectivity index (χ4v) is 12.2. The lowest BCUT2D eigenvalue weighted by atomic mass is 9.82. The molecular weight excluding hydrogens is 825 g/mol. The van der Waals surface area contributed by atoms with Gasteiger partial charge in [-0.3, -0.25) is 0 Å². The first-order chi connectivity index (χ1) is 33.5. The van der Waals surface area contributed by atoms with E-state index in [9.17, 15) is 0 Å². The summed E-state index contributed by atoms with van der Waals surface area (Å²) < 4.78 is 9.83. The van der Waals surface area contributed by atoms with Gasteiger partial charge in [-0.05, 0) is 114 Å². The Bertz CT molecular complexity index is 4220. The molecule has 4 aromatic heterocycles. The summed E-state index contributed by atoms with van der Waals surface area (Å²) in [4.78, 5) is 0. The van der Waals surface area contributed by atoms with Crippen molar-refractivity contribution in [1.82, 2.24) is 18.3 Å². The summed E-state index contributed by atoms with van der Waals surface area (Å²) >= 11 is 0. The molecule has 4 nitrogen and oxygen atoms in total. The fourth-order valence-electron chi connectivity index (χ4n) is 12.2. The summed E-state index contributed by atoms with van der Waals surface area (Å²) in [6, 6.07) is 71.9. The molecule has 322 valence electrons. The van der Waals surface area contributed by atoms with Crippen molar-refractivity contribution in [3.8, 4) is 33.9 Å². The first-order valence-electron chi connectivity index (χ1n) is 23.7. The minimum atomic E-state index is -0.187. The molecular formula is C64H46N4. The van der Waals surface area contributed by atoms with Crippen molar-refractivity contribution in [1.29, 1.82) is 0 Å². The third kappa shape index (κ3) is 5.09. The van der Waals surface area contributed by atoms with Gasteiger partial charge in [0.15, 0.2) is 0 Å². The highest BCUT2D eigenvalue weighted by atomic mass is 15.0. The predicted molar refractivity (Wildman–Crippen MR) is 289 cm³/mol. The molecule has 4 heterocycles. The standard InChI is InChI=1S/C64H46N4/c1-5-19-52-42(6-2)62-58(30-17-32-60(62)67-53-25-12-7-20-43(53)44-21-8-13-26-54(44)67)65(52)40-34-36-50-48(38-40)49-39-41(35-37-51(49)64(50,3)4)66-57-29-16-11-24-47(57)63-59(66)31-18-33-61(63)68-55-27-14-9-22-45(55)46-23-10-15-28-56(46)68/h5-39H,2H2,1,3-4H3/b19-5-. The van der Waals surface area contributed by atoms with Crippen LogP contribution < -0.4 is 0 Å². The van der Waals surface area contributed by atoms with Gasteiger partial charge in [0, 0.05) is 60.1 Å². The Balaban J connectivity index is 0.984. The number of para-hydroxylation sites is 5. The molecule has 0 saturated carbocycles. The predicted octanol–water partition coefficient (Wildman–Crippen LogP) is 16.9. The minimum Gasteiger partial charge on any atom is -0.309 e. The van der Waals surface area contributed by atoms with Crippen molar-refractivity contribution in [3.63, 3.8) is 0 Å². The summed E-state index contributed by atoms with van der Waals surface area (Å²) in [7, 11) is 0. The van der Waals surface area contributed by atoms with Gasteiger partial charge in [0.2, 0.25) is 0 Å². The average Bonchev–Trinajstić information content (AvgIpc) is 4.15. The highest BCUT2D eigenvalue weighted by molar-refractivity contribution is 6.17. The van der Waals surface area contributed by atoms with Gasteiger partial charge in [-0.25, -0.2) is 0 Å². The van der Waals surface area contributed by atoms with E-state index in [1.54, 1.807) is 0 Å². The van der Waals surface area contributed by atoms with E-state index >= 15 is 0 Å². The molecule has 1 aliphatic carbocycles. The molecule has 0 fully saturated rings. The van der Waals surface area contributed by atoms with Gasteiger partial charge in [-0.15, -0.1) is 0 Å². The summed E-state index contributed by atoms with van der Waals surface area (Å²) in [5.41, 5.74) is 20.2. The van der Waals surface area contributed by atoms with Crippen LogP contribution in [0.1, 0.15) is 43.2 Å². The molecule has 9 aromatic carbocycles. The number of aromatic nitrogens is 4. The smallest absolute Gasteiger partial charge is 0.0562 e. The fraction of sp³-hybridized carbons (Fsp3) is 0.0625. The summed E-state index contributed by atoms with van der Waals surface area (Å²) in [6.07, 6.45) is 6.43. The maximum Gasteiger partial charge on any atom is 0.0562 e. The maximum atomic E-state index is 4.45. The zero-order valence-corrected chi connectivity index (χ0v) is 38.2. The number of rotatable bonds is 6. The van der Waals surface area contributed by atoms with E-state index in [0.29, 0.717) is 0 Å². The van der Waals surface area contributed by atoms with Gasteiger partial charge in [-0.1, -0.05) is 148 Å². The molecule has 0 atom stereocenters. The highest BCUT2D eigenvalue weighted by Gasteiger charge is 2.36. The normalized spacial score (nSPS) is 13.3. The van der Waals surface area contributed by atoms with E-state index in [1.807, 2.05) is 6.08 Å². The molecule has 0 bridgehead atoms. The van der Waals surface area contributed by atoms with Crippen LogP contribution in [0.15, 0.2) is 207 Å². The Labute approximate surface area is 394 Å². The summed E-state index contributed by atoms with van der Waals surface area (Å²) in [6.45, 7) is 11.3. The number of nitrogens with zero attached hydrogens (tertiary/aromatic N) is 4. The van der Waals surface area contributed by atoms with Crippen LogP contribution in [0.25, 0.3) is 122 Å². The van der Waals surface area contributed by atoms with Gasteiger partial charge in [-0.2, -0.15) is 0 Å². The van der Waals surface area contributed by atoms with Crippen LogP contribution in [-0.2, 0) is 5.41 Å². The molecule has 0 spiro atoms. The quantitative estimate of drug-likeness (QED) is 0.159. The molecule has 0 unspecified atom stereocenters. The maximum absolute atomic E-state index is 4.45. The van der Waals surface area contributed by atoms with Crippen molar-refractivity contribution < 1.29 is 0 Å². The summed E-state index contributed by atoms with van der Waals surface area (Å²) in [5.74, 6) is 0. The molecule has 13 aromatic rings. The zero-order chi connectivity index (χ0) is 45.4. The minimum absolute atomic E-state index is 0.187. The van der Waals surface area contributed by atoms with Crippen molar-refractivity contribution in [3.05, 3.63) is 229 Å². The Morgan fingerprint density at radius 1 is 0.397 bits per heavy atom. The van der Waals surface area contributed by atoms with E-state index in [0.717, 1.165) is 33.8 Å². The number of fused-ring (bicyclic) bond motifs is 13. The number of allylic oxidation sites excluding steroid dienone is 1. The molecule has 4 heteroatoms. The molecule has 14 rings (SSSR count). The first-order valence-corrected chi connectivity index (χ1v) is 23.7. The van der Waals surface area contributed by atoms with Crippen molar-refractivity contribution in [2.45, 2.75) is 26.2 Å². The van der Waals surface area contributed by atoms with E-state index in [1.165, 1.54) is 98.7 Å². The first kappa shape index (κ1) is 38.6. The Morgan fingerprint density at radius 3 is 1.26 bits per heavy atom. The van der Waals surface area contributed by atoms with Gasteiger partial charge >= 0.3 is 0 Å². The largest absolute Gasteiger partial charge is 0.309 e. The van der Waals surface area contributed by atoms with Gasteiger partial charge in [0.05, 0.1) is 55.7 Å². The van der Waals surface area contributed by atoms with Crippen LogP contribution in [0.2, 0.25) is 0 Å². The third-order valence-electron chi connectivity index (χ3n) is 15.1. The molecule has 1 aliphatic rings. The van der Waals surface area contributed by atoms with Gasteiger partial charge in [0.25, 0.3) is 0 Å². The number of benzene rings is 9. The van der Waals surface area contributed by atoms with E-state index in [4.69, 9.17) is 0 Å². The van der Waals surface area contributed by atoms with Gasteiger partial charge < -0.3 is 18.3 Å². The lowest BCUT2D eigenvalue weighted by Gasteiger charge is -2.22. The Morgan fingerprint density at radius 2 is 0.794 bits per heavy atom. The average molecular weight is 871 g/mol. The molecule has 0 aliphatic heterocycles. The van der Waals surface area contributed by atoms with E-state index < -0.39 is 0 Å². The number of hydrogen-bond acceptors (Lipinski definition) is 0. The second-order valence-corrected chi connectivity index (χ2v) is 18.9. The Hall–Kier alpha value is -8.60. The molecule has 0 amide bonds. The van der Waals surface area contributed by atoms with Crippen LogP contribution in [0, 0.1) is 0 Å². The van der Waals surface area contributed by atoms with Crippen LogP contribution in [0.4, 0.5) is 0 Å². The Kier molecular flexibility index (Phi) is 8.07. The van der Waals surface area contributed by atoms with Crippen LogP contribution >= 0.6 is 0 Å². The van der Waals surface area contributed by atoms with Crippen molar-refractivity contribution in [2.75, 3.05) is 0 Å². The second kappa shape index (κ2) is 14.2. The van der Waals surface area contributed by atoms with E-state index in [2.05, 4.69) is 252 Å². The van der Waals surface area contributed by atoms with Crippen LogP contribution in [-0.4, -0.2) is 18.3 Å². The molecule has 0 saturated heterocycles.